The van der Waals surface area contributed by atoms with Gasteiger partial charge in [0.1, 0.15) is 6.61 Å². The summed E-state index contributed by atoms with van der Waals surface area (Å²) in [7, 11) is 1.83. The van der Waals surface area contributed by atoms with Crippen molar-refractivity contribution in [3.63, 3.8) is 0 Å². The van der Waals surface area contributed by atoms with Gasteiger partial charge in [0, 0.05) is 24.2 Å². The average molecular weight is 273 g/mol. The van der Waals surface area contributed by atoms with Crippen molar-refractivity contribution >= 4 is 5.91 Å². The van der Waals surface area contributed by atoms with Crippen LogP contribution in [0.1, 0.15) is 42.3 Å². The molecular weight excluding hydrogens is 250 g/mol. The highest BCUT2D eigenvalue weighted by Crippen LogP contribution is 2.16. The number of amides is 1. The molecule has 20 heavy (non-hydrogen) atoms. The second-order valence-electron chi connectivity index (χ2n) is 5.39. The number of nitrogens with zero attached hydrogens (tertiary/aromatic N) is 1. The Kier molecular flexibility index (Phi) is 5.79. The van der Waals surface area contributed by atoms with Crippen LogP contribution in [0.15, 0.2) is 18.2 Å². The SMILES string of the molecule is Cc1ccc(C#CCO)cc1C(=O)N(C)C(C)C(C)C. The van der Waals surface area contributed by atoms with Crippen LogP contribution in [0.4, 0.5) is 0 Å². The van der Waals surface area contributed by atoms with Crippen molar-refractivity contribution in [3.8, 4) is 11.8 Å². The fourth-order valence-corrected chi connectivity index (χ4v) is 1.89. The predicted molar refractivity (Wildman–Crippen MR) is 81.5 cm³/mol. The Hall–Kier alpha value is -1.79. The summed E-state index contributed by atoms with van der Waals surface area (Å²) in [4.78, 5) is 14.3. The lowest BCUT2D eigenvalue weighted by Gasteiger charge is -2.28. The first kappa shape index (κ1) is 16.3. The normalized spacial score (nSPS) is 11.8. The van der Waals surface area contributed by atoms with Gasteiger partial charge in [-0.2, -0.15) is 0 Å². The van der Waals surface area contributed by atoms with Crippen molar-refractivity contribution in [2.24, 2.45) is 5.92 Å². The van der Waals surface area contributed by atoms with Gasteiger partial charge in [0.25, 0.3) is 5.91 Å². The number of carbonyl (C=O) groups excluding carboxylic acids is 1. The molecule has 0 aliphatic carbocycles. The summed E-state index contributed by atoms with van der Waals surface area (Å²) in [5.74, 6) is 5.85. The van der Waals surface area contributed by atoms with E-state index in [1.807, 2.05) is 33.0 Å². The molecule has 1 amide bonds. The Morgan fingerprint density at radius 1 is 1.35 bits per heavy atom. The van der Waals surface area contributed by atoms with Crippen molar-refractivity contribution < 1.29 is 9.90 Å². The molecule has 108 valence electrons. The van der Waals surface area contributed by atoms with Crippen LogP contribution in [-0.4, -0.2) is 35.6 Å². The third-order valence-electron chi connectivity index (χ3n) is 3.68. The fourth-order valence-electron chi connectivity index (χ4n) is 1.89. The summed E-state index contributed by atoms with van der Waals surface area (Å²) in [5, 5.41) is 8.73. The van der Waals surface area contributed by atoms with Crippen molar-refractivity contribution in [1.29, 1.82) is 0 Å². The maximum atomic E-state index is 12.6. The van der Waals surface area contributed by atoms with E-state index in [1.165, 1.54) is 0 Å². The van der Waals surface area contributed by atoms with Gasteiger partial charge in [0.2, 0.25) is 0 Å². The van der Waals surface area contributed by atoms with Crippen LogP contribution in [-0.2, 0) is 0 Å². The van der Waals surface area contributed by atoms with Crippen molar-refractivity contribution in [2.75, 3.05) is 13.7 Å². The minimum atomic E-state index is -0.179. The lowest BCUT2D eigenvalue weighted by atomic mass is 10.0. The number of aliphatic hydroxyl groups is 1. The Balaban J connectivity index is 3.09. The zero-order valence-electron chi connectivity index (χ0n) is 12.9. The lowest BCUT2D eigenvalue weighted by Crippen LogP contribution is -2.38. The van der Waals surface area contributed by atoms with Crippen LogP contribution in [0, 0.1) is 24.7 Å². The van der Waals surface area contributed by atoms with Crippen molar-refractivity contribution in [1.82, 2.24) is 4.90 Å². The Labute approximate surface area is 121 Å². The molecule has 0 radical (unpaired) electrons. The zero-order valence-corrected chi connectivity index (χ0v) is 12.9. The molecule has 0 fully saturated rings. The monoisotopic (exact) mass is 273 g/mol. The van der Waals surface area contributed by atoms with Crippen LogP contribution in [0.5, 0.6) is 0 Å². The summed E-state index contributed by atoms with van der Waals surface area (Å²) >= 11 is 0. The maximum absolute atomic E-state index is 12.6. The van der Waals surface area contributed by atoms with E-state index in [4.69, 9.17) is 5.11 Å². The van der Waals surface area contributed by atoms with Gasteiger partial charge < -0.3 is 10.0 Å². The molecule has 1 N–H and O–H groups in total. The standard InChI is InChI=1S/C17H23NO2/c1-12(2)14(4)18(5)17(20)16-11-15(7-6-10-19)9-8-13(16)3/h8-9,11-12,14,19H,10H2,1-5H3. The third kappa shape index (κ3) is 3.85. The average Bonchev–Trinajstić information content (AvgIpc) is 2.43. The smallest absolute Gasteiger partial charge is 0.254 e. The third-order valence-corrected chi connectivity index (χ3v) is 3.68. The summed E-state index contributed by atoms with van der Waals surface area (Å²) in [6.07, 6.45) is 0. The molecule has 1 aromatic carbocycles. The molecule has 0 spiro atoms. The number of rotatable bonds is 3. The van der Waals surface area contributed by atoms with Gasteiger partial charge in [-0.05, 0) is 37.5 Å². The van der Waals surface area contributed by atoms with E-state index in [0.29, 0.717) is 11.5 Å². The van der Waals surface area contributed by atoms with Crippen molar-refractivity contribution in [3.05, 3.63) is 34.9 Å². The topological polar surface area (TPSA) is 40.5 Å². The van der Waals surface area contributed by atoms with Crippen LogP contribution in [0.3, 0.4) is 0 Å². The lowest BCUT2D eigenvalue weighted by molar-refractivity contribution is 0.0706. The van der Waals surface area contributed by atoms with Gasteiger partial charge in [-0.3, -0.25) is 4.79 Å². The van der Waals surface area contributed by atoms with E-state index >= 15 is 0 Å². The molecule has 0 saturated carbocycles. The van der Waals surface area contributed by atoms with Gasteiger partial charge in [-0.15, -0.1) is 0 Å². The largest absolute Gasteiger partial charge is 0.384 e. The number of aryl methyl sites for hydroxylation is 1. The van der Waals surface area contributed by atoms with Gasteiger partial charge in [-0.1, -0.05) is 31.8 Å². The zero-order chi connectivity index (χ0) is 15.3. The van der Waals surface area contributed by atoms with E-state index < -0.39 is 0 Å². The van der Waals surface area contributed by atoms with E-state index in [1.54, 1.807) is 11.0 Å². The fraction of sp³-hybridized carbons (Fsp3) is 0.471. The molecule has 1 unspecified atom stereocenters. The Morgan fingerprint density at radius 3 is 2.55 bits per heavy atom. The van der Waals surface area contributed by atoms with E-state index in [2.05, 4.69) is 25.7 Å². The highest BCUT2D eigenvalue weighted by atomic mass is 16.2. The first-order chi connectivity index (χ1) is 9.38. The number of hydrogen-bond donors (Lipinski definition) is 1. The second-order valence-corrected chi connectivity index (χ2v) is 5.39. The molecule has 0 saturated heterocycles. The highest BCUT2D eigenvalue weighted by molar-refractivity contribution is 5.96. The van der Waals surface area contributed by atoms with Gasteiger partial charge in [0.15, 0.2) is 0 Å². The summed E-state index contributed by atoms with van der Waals surface area (Å²) in [5.41, 5.74) is 2.36. The second kappa shape index (κ2) is 7.12. The molecule has 0 aliphatic heterocycles. The highest BCUT2D eigenvalue weighted by Gasteiger charge is 2.21. The van der Waals surface area contributed by atoms with Crippen LogP contribution in [0.2, 0.25) is 0 Å². The predicted octanol–water partition coefficient (Wildman–Crippen LogP) is 2.46. The molecule has 3 nitrogen and oxygen atoms in total. The van der Waals surface area contributed by atoms with E-state index in [9.17, 15) is 4.79 Å². The molecule has 1 atom stereocenters. The molecule has 0 aliphatic rings. The molecule has 1 rings (SSSR count). The van der Waals surface area contributed by atoms with E-state index in [0.717, 1.165) is 11.1 Å². The minimum absolute atomic E-state index is 0.0105. The van der Waals surface area contributed by atoms with Crippen molar-refractivity contribution in [2.45, 2.75) is 33.7 Å². The molecule has 0 bridgehead atoms. The van der Waals surface area contributed by atoms with Crippen LogP contribution in [0.25, 0.3) is 0 Å². The number of carbonyl (C=O) groups is 1. The first-order valence-corrected chi connectivity index (χ1v) is 6.86. The molecular formula is C17H23NO2. The Bertz CT molecular complexity index is 538. The molecule has 1 aromatic rings. The van der Waals surface area contributed by atoms with Crippen LogP contribution < -0.4 is 0 Å². The quantitative estimate of drug-likeness (QED) is 0.859. The summed E-state index contributed by atoms with van der Waals surface area (Å²) in [6.45, 7) is 7.99. The molecule has 3 heteroatoms. The van der Waals surface area contributed by atoms with Gasteiger partial charge in [0.05, 0.1) is 0 Å². The number of aliphatic hydroxyl groups excluding tert-OH is 1. The van der Waals surface area contributed by atoms with Crippen LogP contribution >= 0.6 is 0 Å². The minimum Gasteiger partial charge on any atom is -0.384 e. The number of benzene rings is 1. The maximum Gasteiger partial charge on any atom is 0.254 e. The number of hydrogen-bond acceptors (Lipinski definition) is 2. The Morgan fingerprint density at radius 2 is 2.00 bits per heavy atom. The molecule has 0 aromatic heterocycles. The van der Waals surface area contributed by atoms with Gasteiger partial charge in [-0.25, -0.2) is 0 Å². The summed E-state index contributed by atoms with van der Waals surface area (Å²) in [6, 6.07) is 5.72. The van der Waals surface area contributed by atoms with Gasteiger partial charge >= 0.3 is 0 Å². The first-order valence-electron chi connectivity index (χ1n) is 6.86. The summed E-state index contributed by atoms with van der Waals surface area (Å²) < 4.78 is 0. The molecule has 0 heterocycles. The van der Waals surface area contributed by atoms with E-state index in [-0.39, 0.29) is 18.6 Å².